The molecule has 0 radical (unpaired) electrons. The quantitative estimate of drug-likeness (QED) is 0.882. The van der Waals surface area contributed by atoms with Gasteiger partial charge in [-0.1, -0.05) is 6.42 Å². The number of benzene rings is 1. The Morgan fingerprint density at radius 1 is 1.42 bits per heavy atom. The molecule has 1 aliphatic carbocycles. The van der Waals surface area contributed by atoms with E-state index in [0.29, 0.717) is 18.5 Å². The molecule has 1 amide bonds. The maximum absolute atomic E-state index is 14.2. The lowest BCUT2D eigenvalue weighted by molar-refractivity contribution is -0.157. The van der Waals surface area contributed by atoms with Crippen LogP contribution in [-0.2, 0) is 9.59 Å². The van der Waals surface area contributed by atoms with Crippen LogP contribution in [-0.4, -0.2) is 26.8 Å². The molecule has 24 heavy (non-hydrogen) atoms. The molecule has 6 nitrogen and oxygen atoms in total. The fraction of sp³-hybridized carbons (Fsp3) is 0.353. The van der Waals surface area contributed by atoms with Crippen molar-refractivity contribution < 1.29 is 19.1 Å². The van der Waals surface area contributed by atoms with Gasteiger partial charge in [0.1, 0.15) is 5.69 Å². The van der Waals surface area contributed by atoms with Gasteiger partial charge in [0.25, 0.3) is 0 Å². The third-order valence-electron chi connectivity index (χ3n) is 4.45. The first-order chi connectivity index (χ1) is 11.4. The second kappa shape index (κ2) is 6.07. The van der Waals surface area contributed by atoms with Crippen molar-refractivity contribution in [1.29, 1.82) is 0 Å². The number of carboxylic acid groups (broad SMARTS) is 1. The molecule has 1 saturated carbocycles. The van der Waals surface area contributed by atoms with E-state index in [9.17, 15) is 19.1 Å². The first kappa shape index (κ1) is 16.2. The van der Waals surface area contributed by atoms with E-state index in [1.54, 1.807) is 18.5 Å². The normalized spacial score (nSPS) is 15.6. The van der Waals surface area contributed by atoms with Crippen LogP contribution < -0.4 is 5.32 Å². The average Bonchev–Trinajstić information content (AvgIpc) is 2.89. The summed E-state index contributed by atoms with van der Waals surface area (Å²) in [6.07, 6.45) is 5.04. The van der Waals surface area contributed by atoms with E-state index in [4.69, 9.17) is 0 Å². The Hall–Kier alpha value is -2.70. The van der Waals surface area contributed by atoms with E-state index in [2.05, 4.69) is 10.4 Å². The zero-order chi connectivity index (χ0) is 17.3. The van der Waals surface area contributed by atoms with Gasteiger partial charge in [-0.15, -0.1) is 0 Å². The fourth-order valence-corrected chi connectivity index (χ4v) is 2.90. The molecule has 0 bridgehead atoms. The highest BCUT2D eigenvalue weighted by molar-refractivity contribution is 5.94. The largest absolute Gasteiger partial charge is 0.481 e. The number of nitrogens with zero attached hydrogens (tertiary/aromatic N) is 2. The van der Waals surface area contributed by atoms with Crippen molar-refractivity contribution in [2.75, 3.05) is 5.32 Å². The molecular formula is C17H18FN3O3. The molecule has 1 aromatic carbocycles. The van der Waals surface area contributed by atoms with E-state index in [1.807, 2.05) is 6.92 Å². The lowest BCUT2D eigenvalue weighted by Gasteiger charge is -2.36. The van der Waals surface area contributed by atoms with Crippen LogP contribution >= 0.6 is 0 Å². The van der Waals surface area contributed by atoms with Crippen LogP contribution in [0.5, 0.6) is 0 Å². The van der Waals surface area contributed by atoms with Gasteiger partial charge in [-0.25, -0.2) is 9.07 Å². The number of halogens is 1. The van der Waals surface area contributed by atoms with E-state index >= 15 is 0 Å². The smallest absolute Gasteiger partial charge is 0.310 e. The van der Waals surface area contributed by atoms with E-state index in [1.165, 1.54) is 16.8 Å². The average molecular weight is 331 g/mol. The maximum Gasteiger partial charge on any atom is 0.310 e. The molecule has 0 spiro atoms. The highest BCUT2D eigenvalue weighted by Crippen LogP contribution is 2.44. The van der Waals surface area contributed by atoms with Gasteiger partial charge in [-0.3, -0.25) is 9.59 Å². The minimum atomic E-state index is -0.963. The van der Waals surface area contributed by atoms with Crippen molar-refractivity contribution in [1.82, 2.24) is 9.78 Å². The molecule has 1 aromatic heterocycles. The van der Waals surface area contributed by atoms with Gasteiger partial charge in [0.05, 0.1) is 11.6 Å². The lowest BCUT2D eigenvalue weighted by atomic mass is 9.66. The number of aromatic nitrogens is 2. The van der Waals surface area contributed by atoms with Crippen LogP contribution in [0.4, 0.5) is 10.1 Å². The van der Waals surface area contributed by atoms with Crippen LogP contribution in [0.1, 0.15) is 31.2 Å². The summed E-state index contributed by atoms with van der Waals surface area (Å²) in [7, 11) is 0. The molecule has 0 aliphatic heterocycles. The Morgan fingerprint density at radius 3 is 2.67 bits per heavy atom. The molecule has 2 aromatic rings. The highest BCUT2D eigenvalue weighted by Gasteiger charge is 2.45. The number of aryl methyl sites for hydroxylation is 1. The van der Waals surface area contributed by atoms with Gasteiger partial charge >= 0.3 is 5.97 Å². The number of amides is 1. The molecule has 0 unspecified atom stereocenters. The molecule has 0 saturated heterocycles. The number of rotatable bonds is 5. The Morgan fingerprint density at radius 2 is 2.17 bits per heavy atom. The van der Waals surface area contributed by atoms with E-state index in [-0.39, 0.29) is 12.1 Å². The second-order valence-electron chi connectivity index (χ2n) is 6.29. The zero-order valence-electron chi connectivity index (χ0n) is 13.3. The van der Waals surface area contributed by atoms with Crippen LogP contribution in [0.3, 0.4) is 0 Å². The van der Waals surface area contributed by atoms with Crippen molar-refractivity contribution in [2.45, 2.75) is 32.6 Å². The van der Waals surface area contributed by atoms with Gasteiger partial charge in [-0.05, 0) is 43.5 Å². The predicted molar refractivity (Wildman–Crippen MR) is 85.4 cm³/mol. The van der Waals surface area contributed by atoms with Gasteiger partial charge in [0, 0.05) is 18.3 Å². The Kier molecular flexibility index (Phi) is 4.09. The third kappa shape index (κ3) is 3.02. The molecule has 1 heterocycles. The van der Waals surface area contributed by atoms with Crippen molar-refractivity contribution >= 4 is 17.6 Å². The van der Waals surface area contributed by atoms with Gasteiger partial charge in [0.2, 0.25) is 5.91 Å². The molecule has 1 fully saturated rings. The maximum atomic E-state index is 14.2. The number of nitrogens with one attached hydrogen (secondary N) is 1. The minimum Gasteiger partial charge on any atom is -0.481 e. The molecule has 0 atom stereocenters. The van der Waals surface area contributed by atoms with Gasteiger partial charge < -0.3 is 10.4 Å². The highest BCUT2D eigenvalue weighted by atomic mass is 19.1. The SMILES string of the molecule is Cc1cnn(-c2ccc(NC(=O)CC3(C(=O)O)CCC3)cc2F)c1. The second-order valence-corrected chi connectivity index (χ2v) is 6.29. The Balaban J connectivity index is 1.71. The molecule has 7 heteroatoms. The van der Waals surface area contributed by atoms with E-state index in [0.717, 1.165) is 12.0 Å². The molecule has 126 valence electrons. The number of hydrogen-bond donors (Lipinski definition) is 2. The number of carbonyl (C=O) groups is 2. The number of hydrogen-bond acceptors (Lipinski definition) is 3. The number of anilines is 1. The summed E-state index contributed by atoms with van der Waals surface area (Å²) in [5.41, 5.74) is 0.521. The van der Waals surface area contributed by atoms with E-state index < -0.39 is 23.1 Å². The van der Waals surface area contributed by atoms with Gasteiger partial charge in [-0.2, -0.15) is 5.10 Å². The van der Waals surface area contributed by atoms with Crippen molar-refractivity contribution in [3.8, 4) is 5.69 Å². The monoisotopic (exact) mass is 331 g/mol. The standard InChI is InChI=1S/C17H18FN3O3/c1-11-9-19-21(10-11)14-4-3-12(7-13(14)18)20-15(22)8-17(16(23)24)5-2-6-17/h3-4,7,9-10H,2,5-6,8H2,1H3,(H,20,22)(H,23,24). The van der Waals surface area contributed by atoms with Crippen molar-refractivity contribution in [3.05, 3.63) is 42.0 Å². The third-order valence-corrected chi connectivity index (χ3v) is 4.45. The minimum absolute atomic E-state index is 0.0932. The molecular weight excluding hydrogens is 313 g/mol. The van der Waals surface area contributed by atoms with Crippen LogP contribution in [0.15, 0.2) is 30.6 Å². The molecule has 2 N–H and O–H groups in total. The predicted octanol–water partition coefficient (Wildman–Crippen LogP) is 2.90. The fourth-order valence-electron chi connectivity index (χ4n) is 2.90. The first-order valence-electron chi connectivity index (χ1n) is 7.74. The number of carbonyl (C=O) groups excluding carboxylic acids is 1. The van der Waals surface area contributed by atoms with Gasteiger partial charge in [0.15, 0.2) is 5.82 Å². The Bertz CT molecular complexity index is 796. The molecule has 3 rings (SSSR count). The zero-order valence-corrected chi connectivity index (χ0v) is 13.3. The summed E-state index contributed by atoms with van der Waals surface area (Å²) >= 11 is 0. The number of aliphatic carboxylic acids is 1. The summed E-state index contributed by atoms with van der Waals surface area (Å²) in [6.45, 7) is 1.86. The summed E-state index contributed by atoms with van der Waals surface area (Å²) in [5, 5.41) is 15.9. The summed E-state index contributed by atoms with van der Waals surface area (Å²) in [6, 6.07) is 4.30. The number of carboxylic acids is 1. The summed E-state index contributed by atoms with van der Waals surface area (Å²) in [4.78, 5) is 23.4. The molecule has 1 aliphatic rings. The first-order valence-corrected chi connectivity index (χ1v) is 7.74. The van der Waals surface area contributed by atoms with Crippen LogP contribution in [0.2, 0.25) is 0 Å². The van der Waals surface area contributed by atoms with Crippen LogP contribution in [0, 0.1) is 18.2 Å². The topological polar surface area (TPSA) is 84.2 Å². The lowest BCUT2D eigenvalue weighted by Crippen LogP contribution is -2.41. The van der Waals surface area contributed by atoms with Crippen molar-refractivity contribution in [2.24, 2.45) is 5.41 Å². The Labute approximate surface area is 138 Å². The van der Waals surface area contributed by atoms with Crippen LogP contribution in [0.25, 0.3) is 5.69 Å². The summed E-state index contributed by atoms with van der Waals surface area (Å²) in [5.74, 6) is -1.88. The summed E-state index contributed by atoms with van der Waals surface area (Å²) < 4.78 is 15.7. The van der Waals surface area contributed by atoms with Crippen molar-refractivity contribution in [3.63, 3.8) is 0 Å².